The van der Waals surface area contributed by atoms with Crippen molar-refractivity contribution in [1.82, 2.24) is 10.2 Å². The van der Waals surface area contributed by atoms with Crippen LogP contribution in [0.3, 0.4) is 0 Å². The molecule has 166 valence electrons. The molecule has 0 bridgehead atoms. The molecule has 1 unspecified atom stereocenters. The minimum Gasteiger partial charge on any atom is -0.497 e. The molecule has 3 aliphatic rings. The Morgan fingerprint density at radius 1 is 1.03 bits per heavy atom. The number of nitrogens with zero attached hydrogens (tertiary/aromatic N) is 2. The highest BCUT2D eigenvalue weighted by Gasteiger charge is 2.51. The number of methoxy groups -OCH3 is 1. The third kappa shape index (κ3) is 3.06. The number of carbonyl (C=O) groups is 1. The van der Waals surface area contributed by atoms with Crippen LogP contribution in [-0.4, -0.2) is 43.2 Å². The van der Waals surface area contributed by atoms with Crippen molar-refractivity contribution in [3.63, 3.8) is 0 Å². The second-order valence-electron chi connectivity index (χ2n) is 8.94. The van der Waals surface area contributed by atoms with Gasteiger partial charge < -0.3 is 15.0 Å². The number of halogens is 1. The van der Waals surface area contributed by atoms with Gasteiger partial charge in [0.05, 0.1) is 13.8 Å². The molecule has 1 aliphatic carbocycles. The van der Waals surface area contributed by atoms with Gasteiger partial charge in [0.25, 0.3) is 0 Å². The monoisotopic (exact) mass is 449 g/mol. The number of amides is 1. The van der Waals surface area contributed by atoms with Crippen LogP contribution in [0.15, 0.2) is 60.7 Å². The Kier molecular flexibility index (Phi) is 5.26. The van der Waals surface area contributed by atoms with Gasteiger partial charge in [0.15, 0.2) is 0 Å². The van der Waals surface area contributed by atoms with Crippen LogP contribution < -0.4 is 15.0 Å². The topological polar surface area (TPSA) is 44.8 Å². The van der Waals surface area contributed by atoms with E-state index < -0.39 is 5.54 Å². The summed E-state index contributed by atoms with van der Waals surface area (Å²) in [6, 6.07) is 21.8. The smallest absolute Gasteiger partial charge is 0.247 e. The first-order chi connectivity index (χ1) is 15.2. The molecular weight excluding hydrogens is 422 g/mol. The van der Waals surface area contributed by atoms with Gasteiger partial charge >= 0.3 is 0 Å². The van der Waals surface area contributed by atoms with Gasteiger partial charge in [0.2, 0.25) is 5.91 Å². The van der Waals surface area contributed by atoms with Gasteiger partial charge in [0, 0.05) is 30.9 Å². The summed E-state index contributed by atoms with van der Waals surface area (Å²) < 4.78 is 5.42. The second-order valence-corrected chi connectivity index (χ2v) is 8.94. The average molecular weight is 450 g/mol. The quantitative estimate of drug-likeness (QED) is 0.647. The molecule has 1 N–H and O–H groups in total. The zero-order chi connectivity index (χ0) is 21.0. The molecule has 1 atom stereocenters. The molecule has 0 radical (unpaired) electrons. The summed E-state index contributed by atoms with van der Waals surface area (Å²) in [6.07, 6.45) is 2.73. The maximum absolute atomic E-state index is 13.0. The van der Waals surface area contributed by atoms with Crippen molar-refractivity contribution in [2.45, 2.75) is 30.8 Å². The van der Waals surface area contributed by atoms with E-state index in [4.69, 9.17) is 4.74 Å². The van der Waals surface area contributed by atoms with Crippen LogP contribution in [-0.2, 0) is 11.2 Å². The fourth-order valence-corrected chi connectivity index (χ4v) is 5.95. The minimum absolute atomic E-state index is 0. The Labute approximate surface area is 194 Å². The Hall–Kier alpha value is -2.76. The van der Waals surface area contributed by atoms with E-state index >= 15 is 0 Å². The molecule has 5 nitrogen and oxygen atoms in total. The number of ether oxygens (including phenoxy) is 1. The van der Waals surface area contributed by atoms with Crippen LogP contribution in [0.5, 0.6) is 5.75 Å². The van der Waals surface area contributed by atoms with E-state index in [1.165, 1.54) is 21.9 Å². The lowest BCUT2D eigenvalue weighted by Gasteiger charge is -2.45. The summed E-state index contributed by atoms with van der Waals surface area (Å²) in [5, 5.41) is 5.88. The van der Waals surface area contributed by atoms with Crippen LogP contribution in [0, 0.1) is 0 Å². The van der Waals surface area contributed by atoms with Gasteiger partial charge in [-0.3, -0.25) is 9.69 Å². The van der Waals surface area contributed by atoms with E-state index in [2.05, 4.69) is 57.6 Å². The highest BCUT2D eigenvalue weighted by atomic mass is 35.5. The van der Waals surface area contributed by atoms with Gasteiger partial charge in [-0.1, -0.05) is 42.5 Å². The lowest BCUT2D eigenvalue weighted by molar-refractivity contribution is -0.125. The van der Waals surface area contributed by atoms with Crippen molar-refractivity contribution in [3.8, 4) is 5.75 Å². The molecule has 2 saturated heterocycles. The summed E-state index contributed by atoms with van der Waals surface area (Å²) in [5.74, 6) is 0.980. The predicted octanol–water partition coefficient (Wildman–Crippen LogP) is 4.30. The molecular formula is C26H28ClN3O2. The number of piperidine rings is 1. The number of carbonyl (C=O) groups excluding carboxylic acids is 1. The largest absolute Gasteiger partial charge is 0.497 e. The third-order valence-electron chi connectivity index (χ3n) is 7.56. The molecule has 3 aromatic carbocycles. The van der Waals surface area contributed by atoms with Gasteiger partial charge in [0.1, 0.15) is 11.3 Å². The zero-order valence-corrected chi connectivity index (χ0v) is 19.0. The van der Waals surface area contributed by atoms with Crippen LogP contribution in [0.25, 0.3) is 10.8 Å². The van der Waals surface area contributed by atoms with E-state index in [9.17, 15) is 4.79 Å². The molecule has 1 spiro atoms. The van der Waals surface area contributed by atoms with Crippen LogP contribution >= 0.6 is 12.4 Å². The number of anilines is 1. The Balaban J connectivity index is 0.00000216. The highest BCUT2D eigenvalue weighted by molar-refractivity contribution is 5.94. The Morgan fingerprint density at radius 2 is 1.78 bits per heavy atom. The van der Waals surface area contributed by atoms with Crippen LogP contribution in [0.4, 0.5) is 5.69 Å². The zero-order valence-electron chi connectivity index (χ0n) is 18.2. The van der Waals surface area contributed by atoms with Crippen molar-refractivity contribution >= 4 is 34.8 Å². The number of nitrogens with one attached hydrogen (secondary N) is 1. The Morgan fingerprint density at radius 3 is 2.56 bits per heavy atom. The van der Waals surface area contributed by atoms with Crippen molar-refractivity contribution in [1.29, 1.82) is 0 Å². The van der Waals surface area contributed by atoms with E-state index in [1.54, 1.807) is 7.11 Å². The normalized spacial score (nSPS) is 21.6. The second kappa shape index (κ2) is 7.98. The van der Waals surface area contributed by atoms with Crippen LogP contribution in [0.1, 0.15) is 30.0 Å². The SMILES string of the molecule is COc1cccc(N2CNC(=O)C23CCN(C2Cc4cccc5cccc2c45)CC3)c1.Cl. The molecule has 32 heavy (non-hydrogen) atoms. The third-order valence-corrected chi connectivity index (χ3v) is 7.56. The summed E-state index contributed by atoms with van der Waals surface area (Å²) in [6.45, 7) is 2.39. The Bertz CT molecular complexity index is 1170. The van der Waals surface area contributed by atoms with Gasteiger partial charge in [-0.15, -0.1) is 12.4 Å². The molecule has 2 heterocycles. The van der Waals surface area contributed by atoms with E-state index in [0.717, 1.165) is 43.8 Å². The van der Waals surface area contributed by atoms with Gasteiger partial charge in [-0.05, 0) is 53.3 Å². The summed E-state index contributed by atoms with van der Waals surface area (Å²) in [4.78, 5) is 17.9. The van der Waals surface area contributed by atoms with E-state index in [0.29, 0.717) is 12.7 Å². The maximum atomic E-state index is 13.0. The summed E-state index contributed by atoms with van der Waals surface area (Å²) in [5.41, 5.74) is 3.48. The fourth-order valence-electron chi connectivity index (χ4n) is 5.95. The number of benzene rings is 3. The lowest BCUT2D eigenvalue weighted by Crippen LogP contribution is -2.56. The maximum Gasteiger partial charge on any atom is 0.247 e. The van der Waals surface area contributed by atoms with E-state index in [-0.39, 0.29) is 18.3 Å². The van der Waals surface area contributed by atoms with Crippen LogP contribution in [0.2, 0.25) is 0 Å². The van der Waals surface area contributed by atoms with Gasteiger partial charge in [-0.2, -0.15) is 0 Å². The summed E-state index contributed by atoms with van der Waals surface area (Å²) in [7, 11) is 1.68. The molecule has 2 fully saturated rings. The van der Waals surface area contributed by atoms with Crippen molar-refractivity contribution in [2.24, 2.45) is 0 Å². The van der Waals surface area contributed by atoms with E-state index in [1.807, 2.05) is 18.2 Å². The molecule has 3 aromatic rings. The molecule has 0 aromatic heterocycles. The fraction of sp³-hybridized carbons (Fsp3) is 0.346. The van der Waals surface area contributed by atoms with Crippen molar-refractivity contribution < 1.29 is 9.53 Å². The first-order valence-corrected chi connectivity index (χ1v) is 11.1. The average Bonchev–Trinajstić information content (AvgIpc) is 3.34. The highest BCUT2D eigenvalue weighted by Crippen LogP contribution is 2.44. The first-order valence-electron chi connectivity index (χ1n) is 11.1. The van der Waals surface area contributed by atoms with Gasteiger partial charge in [-0.25, -0.2) is 0 Å². The summed E-state index contributed by atoms with van der Waals surface area (Å²) >= 11 is 0. The standard InChI is InChI=1S/C26H27N3O2.ClH/c1-31-21-9-4-8-20(16-21)29-17-27-25(30)26(29)11-13-28(14-12-26)23-15-19-7-2-5-18-6-3-10-22(23)24(18)19;/h2-10,16,23H,11-15,17H2,1H3,(H,27,30);1H. The number of hydrogen-bond acceptors (Lipinski definition) is 4. The molecule has 6 rings (SSSR count). The molecule has 2 aliphatic heterocycles. The predicted molar refractivity (Wildman–Crippen MR) is 130 cm³/mol. The number of rotatable bonds is 3. The molecule has 6 heteroatoms. The minimum atomic E-state index is -0.472. The first kappa shape index (κ1) is 21.1. The molecule has 1 amide bonds. The number of hydrogen-bond donors (Lipinski definition) is 1. The number of likely N-dealkylation sites (tertiary alicyclic amines) is 1. The molecule has 0 saturated carbocycles. The van der Waals surface area contributed by atoms with Crippen molar-refractivity contribution in [3.05, 3.63) is 71.8 Å². The van der Waals surface area contributed by atoms with Crippen molar-refractivity contribution in [2.75, 3.05) is 31.8 Å². The lowest BCUT2D eigenvalue weighted by atomic mass is 9.84.